The summed E-state index contributed by atoms with van der Waals surface area (Å²) >= 11 is 12.6. The molecule has 0 saturated carbocycles. The van der Waals surface area contributed by atoms with Gasteiger partial charge in [0.25, 0.3) is 5.82 Å². The number of nitrogens with one attached hydrogen (secondary N) is 1. The average molecular weight is 478 g/mol. The topological polar surface area (TPSA) is 52.2 Å². The van der Waals surface area contributed by atoms with Crippen LogP contribution in [0.1, 0.15) is 32.2 Å². The Morgan fingerprint density at radius 1 is 1.15 bits per heavy atom. The minimum Gasteiger partial charge on any atom is -0.341 e. The minimum absolute atomic E-state index is 0.433. The van der Waals surface area contributed by atoms with E-state index < -0.39 is 0 Å². The molecule has 4 rings (SSSR count). The van der Waals surface area contributed by atoms with Crippen molar-refractivity contribution in [2.24, 2.45) is 0 Å². The zero-order valence-corrected chi connectivity index (χ0v) is 20.2. The van der Waals surface area contributed by atoms with Crippen LogP contribution in [-0.2, 0) is 13.1 Å². The molecule has 0 atom stereocenters. The Hall–Kier alpha value is -3.45. The van der Waals surface area contributed by atoms with E-state index in [2.05, 4.69) is 57.1 Å². The van der Waals surface area contributed by atoms with Gasteiger partial charge in [0.15, 0.2) is 11.0 Å². The maximum Gasteiger partial charge on any atom is 0.282 e. The van der Waals surface area contributed by atoms with Gasteiger partial charge in [-0.15, -0.1) is 0 Å². The van der Waals surface area contributed by atoms with Crippen LogP contribution in [0, 0.1) is 17.9 Å². The van der Waals surface area contributed by atoms with Crippen LogP contribution in [0.25, 0.3) is 22.0 Å². The Kier molecular flexibility index (Phi) is 6.33. The first kappa shape index (κ1) is 22.7. The van der Waals surface area contributed by atoms with E-state index in [9.17, 15) is 5.26 Å². The van der Waals surface area contributed by atoms with E-state index >= 15 is 0 Å². The lowest BCUT2D eigenvalue weighted by molar-refractivity contribution is -0.670. The summed E-state index contributed by atoms with van der Waals surface area (Å²) in [4.78, 5) is 5.62. The molecule has 0 aliphatic carbocycles. The molecule has 1 aliphatic rings. The SMILES string of the molecule is [C-]#[N+]c1cc2c(cc1Cl)N(CC)C(=CC=Cc1n(CC)c3cc(Cl)c(C#N)cc3[n+]1CC)N2. The molecule has 8 heteroatoms. The van der Waals surface area contributed by atoms with Gasteiger partial charge in [-0.05, 0) is 39.0 Å². The van der Waals surface area contributed by atoms with Gasteiger partial charge in [0.05, 0.1) is 41.6 Å². The van der Waals surface area contributed by atoms with Crippen LogP contribution >= 0.6 is 23.2 Å². The number of allylic oxidation sites excluding steroid dienone is 2. The van der Waals surface area contributed by atoms with Crippen molar-refractivity contribution in [3.8, 4) is 6.07 Å². The molecule has 0 amide bonds. The molecule has 0 radical (unpaired) electrons. The maximum atomic E-state index is 9.40. The van der Waals surface area contributed by atoms with Gasteiger partial charge in [0.1, 0.15) is 11.9 Å². The third-order valence-electron chi connectivity index (χ3n) is 5.80. The fraction of sp³-hybridized carbons (Fsp3) is 0.240. The normalized spacial score (nSPS) is 14.0. The van der Waals surface area contributed by atoms with E-state index in [1.54, 1.807) is 6.07 Å². The number of rotatable bonds is 5. The molecule has 0 fully saturated rings. The van der Waals surface area contributed by atoms with Crippen LogP contribution < -0.4 is 14.8 Å². The second-order valence-electron chi connectivity index (χ2n) is 7.49. The second kappa shape index (κ2) is 9.19. The number of aryl methyl sites for hydroxylation is 2. The third-order valence-corrected chi connectivity index (χ3v) is 6.41. The molecule has 2 heterocycles. The molecule has 0 bridgehead atoms. The predicted octanol–water partition coefficient (Wildman–Crippen LogP) is 6.50. The molecule has 6 nitrogen and oxygen atoms in total. The van der Waals surface area contributed by atoms with Gasteiger partial charge in [-0.3, -0.25) is 0 Å². The highest BCUT2D eigenvalue weighted by atomic mass is 35.5. The first-order valence-electron chi connectivity index (χ1n) is 10.8. The summed E-state index contributed by atoms with van der Waals surface area (Å²) < 4.78 is 4.37. The molecule has 1 aliphatic heterocycles. The molecule has 0 spiro atoms. The molecule has 2 aromatic carbocycles. The fourth-order valence-corrected chi connectivity index (χ4v) is 4.70. The molecule has 33 heavy (non-hydrogen) atoms. The second-order valence-corrected chi connectivity index (χ2v) is 8.31. The van der Waals surface area contributed by atoms with Crippen molar-refractivity contribution >= 4 is 57.4 Å². The molecule has 1 N–H and O–H groups in total. The lowest BCUT2D eigenvalue weighted by Gasteiger charge is -2.17. The van der Waals surface area contributed by atoms with Crippen molar-refractivity contribution in [3.05, 3.63) is 75.1 Å². The summed E-state index contributed by atoms with van der Waals surface area (Å²) in [6.07, 6.45) is 6.09. The Labute approximate surface area is 203 Å². The summed E-state index contributed by atoms with van der Waals surface area (Å²) in [5.41, 5.74) is 4.72. The zero-order valence-electron chi connectivity index (χ0n) is 18.7. The van der Waals surface area contributed by atoms with E-state index in [1.165, 1.54) is 0 Å². The first-order valence-corrected chi connectivity index (χ1v) is 11.5. The number of hydrogen-bond donors (Lipinski definition) is 1. The Balaban J connectivity index is 1.76. The summed E-state index contributed by atoms with van der Waals surface area (Å²) in [5.74, 6) is 1.94. The number of nitrogens with zero attached hydrogens (tertiary/aromatic N) is 5. The fourth-order valence-electron chi connectivity index (χ4n) is 4.30. The maximum absolute atomic E-state index is 9.40. The van der Waals surface area contributed by atoms with Crippen LogP contribution in [0.5, 0.6) is 0 Å². The zero-order chi connectivity index (χ0) is 23.7. The van der Waals surface area contributed by atoms with Gasteiger partial charge >= 0.3 is 0 Å². The van der Waals surface area contributed by atoms with Crippen molar-refractivity contribution < 1.29 is 4.57 Å². The number of fused-ring (bicyclic) bond motifs is 2. The highest BCUT2D eigenvalue weighted by Crippen LogP contribution is 2.42. The van der Waals surface area contributed by atoms with Gasteiger partial charge in [0.2, 0.25) is 5.69 Å². The van der Waals surface area contributed by atoms with E-state index in [0.29, 0.717) is 21.3 Å². The summed E-state index contributed by atoms with van der Waals surface area (Å²) in [7, 11) is 0. The number of anilines is 2. The van der Waals surface area contributed by atoms with Crippen molar-refractivity contribution in [1.29, 1.82) is 5.26 Å². The number of imidazole rings is 1. The van der Waals surface area contributed by atoms with E-state index in [1.807, 2.05) is 30.4 Å². The van der Waals surface area contributed by atoms with Crippen molar-refractivity contribution in [1.82, 2.24) is 4.57 Å². The Bertz CT molecular complexity index is 1400. The molecule has 0 saturated heterocycles. The van der Waals surface area contributed by atoms with E-state index in [0.717, 1.165) is 53.7 Å². The monoisotopic (exact) mass is 477 g/mol. The third kappa shape index (κ3) is 3.82. The highest BCUT2D eigenvalue weighted by Gasteiger charge is 2.25. The quantitative estimate of drug-likeness (QED) is 0.336. The number of halogens is 2. The summed E-state index contributed by atoms with van der Waals surface area (Å²) in [6.45, 7) is 15.8. The van der Waals surface area contributed by atoms with Crippen molar-refractivity contribution in [2.75, 3.05) is 16.8 Å². The van der Waals surface area contributed by atoms with Crippen LogP contribution in [0.4, 0.5) is 17.1 Å². The number of benzene rings is 2. The van der Waals surface area contributed by atoms with Crippen molar-refractivity contribution in [2.45, 2.75) is 33.9 Å². The van der Waals surface area contributed by atoms with Crippen LogP contribution in [-0.4, -0.2) is 11.1 Å². The minimum atomic E-state index is 0.433. The van der Waals surface area contributed by atoms with Crippen LogP contribution in [0.2, 0.25) is 10.0 Å². The average Bonchev–Trinajstić information content (AvgIpc) is 3.30. The van der Waals surface area contributed by atoms with Gasteiger partial charge in [0, 0.05) is 29.8 Å². The molecule has 0 unspecified atom stereocenters. The van der Waals surface area contributed by atoms with E-state index in [-0.39, 0.29) is 0 Å². The first-order chi connectivity index (χ1) is 16.0. The lowest BCUT2D eigenvalue weighted by atomic mass is 10.2. The number of nitriles is 1. The van der Waals surface area contributed by atoms with Gasteiger partial charge in [-0.1, -0.05) is 29.3 Å². The van der Waals surface area contributed by atoms with E-state index in [4.69, 9.17) is 29.8 Å². The standard InChI is InChI=1S/C25H22Cl2N6/c1-5-31-21-13-18(27)19(29-4)14-20(21)30-24(31)9-8-10-25-32(6-2)22-11-16(15-28)17(26)12-23(22)33(25)7-3/h8-14H,5-7H2,1-3H3/p+1. The van der Waals surface area contributed by atoms with Gasteiger partial charge < -0.3 is 10.2 Å². The molecule has 3 aromatic rings. The Morgan fingerprint density at radius 2 is 1.94 bits per heavy atom. The summed E-state index contributed by atoms with van der Waals surface area (Å²) in [5, 5.41) is 13.7. The van der Waals surface area contributed by atoms with Gasteiger partial charge in [-0.2, -0.15) is 5.26 Å². The smallest absolute Gasteiger partial charge is 0.282 e. The predicted molar refractivity (Wildman–Crippen MR) is 135 cm³/mol. The molecular weight excluding hydrogens is 455 g/mol. The molecular formula is C25H23Cl2N6+. The van der Waals surface area contributed by atoms with Crippen LogP contribution in [0.3, 0.4) is 0 Å². The Morgan fingerprint density at radius 3 is 2.58 bits per heavy atom. The van der Waals surface area contributed by atoms with Gasteiger partial charge in [-0.25, -0.2) is 14.0 Å². The molecule has 1 aromatic heterocycles. The van der Waals surface area contributed by atoms with Crippen LogP contribution in [0.15, 0.2) is 42.2 Å². The number of hydrogen-bond acceptors (Lipinski definition) is 3. The van der Waals surface area contributed by atoms with Crippen molar-refractivity contribution in [3.63, 3.8) is 0 Å². The highest BCUT2D eigenvalue weighted by molar-refractivity contribution is 6.34. The summed E-state index contributed by atoms with van der Waals surface area (Å²) in [6, 6.07) is 9.52. The number of aromatic nitrogens is 2. The molecule has 166 valence electrons. The largest absolute Gasteiger partial charge is 0.341 e. The lowest BCUT2D eigenvalue weighted by Crippen LogP contribution is -2.35.